The first-order valence-corrected chi connectivity index (χ1v) is 7.31. The van der Waals surface area contributed by atoms with Crippen LogP contribution in [0.2, 0.25) is 0 Å². The van der Waals surface area contributed by atoms with Crippen molar-refractivity contribution < 1.29 is 4.92 Å². The van der Waals surface area contributed by atoms with Crippen LogP contribution in [0.1, 0.15) is 19.5 Å². The molecule has 0 amide bonds. The average molecular weight is 285 g/mol. The Morgan fingerprint density at radius 3 is 2.63 bits per heavy atom. The van der Waals surface area contributed by atoms with E-state index in [1.54, 1.807) is 18.7 Å². The lowest BCUT2D eigenvalue weighted by Gasteiger charge is -2.12. The summed E-state index contributed by atoms with van der Waals surface area (Å²) in [5.74, 6) is 0.680. The molecule has 7 nitrogen and oxygen atoms in total. The van der Waals surface area contributed by atoms with Crippen LogP contribution < -0.4 is 10.6 Å². The van der Waals surface area contributed by atoms with E-state index in [0.29, 0.717) is 30.0 Å². The van der Waals surface area contributed by atoms with Crippen molar-refractivity contribution in [2.24, 2.45) is 0 Å². The molecule has 1 heterocycles. The Bertz CT molecular complexity index is 455. The van der Waals surface area contributed by atoms with Crippen LogP contribution in [0.5, 0.6) is 0 Å². The molecule has 8 heteroatoms. The van der Waals surface area contributed by atoms with Crippen molar-refractivity contribution in [3.63, 3.8) is 0 Å². The largest absolute Gasteiger partial charge is 0.363 e. The molecule has 1 rings (SSSR count). The number of hydrogen-bond acceptors (Lipinski definition) is 7. The summed E-state index contributed by atoms with van der Waals surface area (Å²) in [4.78, 5) is 18.9. The first-order valence-electron chi connectivity index (χ1n) is 6.03. The molecule has 1 unspecified atom stereocenters. The number of nitrogens with one attached hydrogen (secondary N) is 2. The van der Waals surface area contributed by atoms with Crippen molar-refractivity contribution in [3.8, 4) is 0 Å². The maximum absolute atomic E-state index is 11.1. The Balaban J connectivity index is 3.05. The van der Waals surface area contributed by atoms with Crippen LogP contribution >= 0.6 is 11.8 Å². The number of aromatic nitrogens is 2. The molecule has 106 valence electrons. The zero-order chi connectivity index (χ0) is 14.4. The van der Waals surface area contributed by atoms with Gasteiger partial charge in [0.2, 0.25) is 11.8 Å². The highest BCUT2D eigenvalue weighted by molar-refractivity contribution is 7.99. The summed E-state index contributed by atoms with van der Waals surface area (Å²) >= 11 is 1.69. The fourth-order valence-electron chi connectivity index (χ4n) is 1.47. The summed E-state index contributed by atoms with van der Waals surface area (Å²) in [5, 5.41) is 17.4. The summed E-state index contributed by atoms with van der Waals surface area (Å²) in [7, 11) is 0. The van der Waals surface area contributed by atoms with E-state index in [1.165, 1.54) is 0 Å². The first kappa shape index (κ1) is 15.5. The van der Waals surface area contributed by atoms with E-state index in [-0.39, 0.29) is 11.5 Å². The Labute approximate surface area is 116 Å². The second-order valence-electron chi connectivity index (χ2n) is 4.04. The van der Waals surface area contributed by atoms with E-state index in [0.717, 1.165) is 0 Å². The van der Waals surface area contributed by atoms with E-state index < -0.39 is 4.92 Å². The van der Waals surface area contributed by atoms with Crippen molar-refractivity contribution in [1.29, 1.82) is 0 Å². The van der Waals surface area contributed by atoms with Gasteiger partial charge in [-0.05, 0) is 20.1 Å². The fraction of sp³-hybridized carbons (Fsp3) is 0.636. The van der Waals surface area contributed by atoms with Gasteiger partial charge in [0.05, 0.1) is 4.92 Å². The minimum atomic E-state index is -0.447. The molecule has 0 saturated heterocycles. The van der Waals surface area contributed by atoms with Gasteiger partial charge in [-0.3, -0.25) is 10.1 Å². The maximum atomic E-state index is 11.1. The Kier molecular flexibility index (Phi) is 5.81. The van der Waals surface area contributed by atoms with Crippen LogP contribution in [0.3, 0.4) is 0 Å². The van der Waals surface area contributed by atoms with Crippen LogP contribution in [-0.2, 0) is 0 Å². The van der Waals surface area contributed by atoms with Crippen molar-refractivity contribution in [1.82, 2.24) is 9.97 Å². The Morgan fingerprint density at radius 1 is 1.42 bits per heavy atom. The fourth-order valence-corrected chi connectivity index (χ4v) is 1.72. The lowest BCUT2D eigenvalue weighted by atomic mass is 10.3. The molecule has 1 atom stereocenters. The number of thioether (sulfide) groups is 1. The normalized spacial score (nSPS) is 12.0. The number of hydrogen-bond donors (Lipinski definition) is 2. The maximum Gasteiger partial charge on any atom is 0.332 e. The van der Waals surface area contributed by atoms with Gasteiger partial charge in [-0.25, -0.2) is 4.98 Å². The van der Waals surface area contributed by atoms with Gasteiger partial charge in [-0.15, -0.1) is 0 Å². The predicted octanol–water partition coefficient (Wildman–Crippen LogP) is 2.29. The van der Waals surface area contributed by atoms with Crippen LogP contribution in [-0.4, -0.2) is 39.5 Å². The molecular formula is C11H19N5O2S. The monoisotopic (exact) mass is 285 g/mol. The van der Waals surface area contributed by atoms with Gasteiger partial charge in [-0.1, -0.05) is 6.92 Å². The summed E-state index contributed by atoms with van der Waals surface area (Å²) in [6.45, 7) is 6.86. The summed E-state index contributed by atoms with van der Waals surface area (Å²) in [6.07, 6.45) is 2.00. The molecule has 0 aromatic carbocycles. The molecule has 0 radical (unpaired) electrons. The minimum Gasteiger partial charge on any atom is -0.363 e. The van der Waals surface area contributed by atoms with E-state index >= 15 is 0 Å². The summed E-state index contributed by atoms with van der Waals surface area (Å²) < 4.78 is 0. The molecule has 0 bridgehead atoms. The van der Waals surface area contributed by atoms with Crippen molar-refractivity contribution in [3.05, 3.63) is 15.8 Å². The third kappa shape index (κ3) is 4.23. The average Bonchev–Trinajstić information content (AvgIpc) is 2.35. The van der Waals surface area contributed by atoms with Crippen molar-refractivity contribution in [2.45, 2.75) is 26.0 Å². The first-order chi connectivity index (χ1) is 8.99. The summed E-state index contributed by atoms with van der Waals surface area (Å²) in [5.41, 5.74) is 0.296. The molecule has 19 heavy (non-hydrogen) atoms. The predicted molar refractivity (Wildman–Crippen MR) is 79.1 cm³/mol. The van der Waals surface area contributed by atoms with Gasteiger partial charge in [0.15, 0.2) is 0 Å². The lowest BCUT2D eigenvalue weighted by molar-refractivity contribution is -0.385. The van der Waals surface area contributed by atoms with Crippen LogP contribution in [0, 0.1) is 17.0 Å². The highest BCUT2D eigenvalue weighted by atomic mass is 32.2. The van der Waals surface area contributed by atoms with Gasteiger partial charge in [0.1, 0.15) is 5.69 Å². The molecular weight excluding hydrogens is 266 g/mol. The topological polar surface area (TPSA) is 93.0 Å². The van der Waals surface area contributed by atoms with E-state index in [4.69, 9.17) is 0 Å². The quantitative estimate of drug-likeness (QED) is 0.586. The van der Waals surface area contributed by atoms with Gasteiger partial charge < -0.3 is 10.6 Å². The molecule has 0 aliphatic carbocycles. The number of rotatable bonds is 7. The molecule has 1 aromatic heterocycles. The molecule has 0 aliphatic heterocycles. The highest BCUT2D eigenvalue weighted by Crippen LogP contribution is 2.26. The molecule has 1 aromatic rings. The van der Waals surface area contributed by atoms with E-state index in [1.807, 2.05) is 20.1 Å². The Morgan fingerprint density at radius 2 is 2.11 bits per heavy atom. The number of nitrogens with zero attached hydrogens (tertiary/aromatic N) is 3. The van der Waals surface area contributed by atoms with Crippen LogP contribution in [0.25, 0.3) is 0 Å². The Hall–Kier alpha value is -1.57. The second kappa shape index (κ2) is 7.13. The molecule has 0 aliphatic rings. The SMILES string of the molecule is CCNc1nc(C)c([N+](=O)[O-])c(NCC(C)SC)n1. The van der Waals surface area contributed by atoms with Crippen molar-refractivity contribution in [2.75, 3.05) is 30.0 Å². The van der Waals surface area contributed by atoms with Gasteiger partial charge in [0, 0.05) is 18.3 Å². The van der Waals surface area contributed by atoms with E-state index in [2.05, 4.69) is 20.6 Å². The smallest absolute Gasteiger partial charge is 0.332 e. The lowest BCUT2D eigenvalue weighted by Crippen LogP contribution is -2.16. The zero-order valence-corrected chi connectivity index (χ0v) is 12.4. The zero-order valence-electron chi connectivity index (χ0n) is 11.6. The third-order valence-electron chi connectivity index (χ3n) is 2.54. The highest BCUT2D eigenvalue weighted by Gasteiger charge is 2.22. The molecule has 2 N–H and O–H groups in total. The van der Waals surface area contributed by atoms with Crippen LogP contribution in [0.4, 0.5) is 17.5 Å². The number of aryl methyl sites for hydroxylation is 1. The van der Waals surface area contributed by atoms with Gasteiger partial charge in [0.25, 0.3) is 0 Å². The number of anilines is 2. The standard InChI is InChI=1S/C11H19N5O2S/c1-5-12-11-14-8(3)9(16(17)18)10(15-11)13-6-7(2)19-4/h7H,5-6H2,1-4H3,(H2,12,13,14,15). The molecule has 0 fully saturated rings. The second-order valence-corrected chi connectivity index (χ2v) is 5.32. The molecule has 0 spiro atoms. The summed E-state index contributed by atoms with van der Waals surface area (Å²) in [6, 6.07) is 0. The van der Waals surface area contributed by atoms with Crippen LogP contribution in [0.15, 0.2) is 0 Å². The van der Waals surface area contributed by atoms with E-state index in [9.17, 15) is 10.1 Å². The van der Waals surface area contributed by atoms with Gasteiger partial charge >= 0.3 is 5.69 Å². The minimum absolute atomic E-state index is 0.0602. The third-order valence-corrected chi connectivity index (χ3v) is 3.51. The van der Waals surface area contributed by atoms with Crippen molar-refractivity contribution >= 4 is 29.2 Å². The van der Waals surface area contributed by atoms with Gasteiger partial charge in [-0.2, -0.15) is 16.7 Å². The number of nitro groups is 1. The molecule has 0 saturated carbocycles.